The Labute approximate surface area is 130 Å². The highest BCUT2D eigenvalue weighted by Gasteiger charge is 2.50. The van der Waals surface area contributed by atoms with Gasteiger partial charge in [-0.15, -0.1) is 44.3 Å². The van der Waals surface area contributed by atoms with E-state index in [0.29, 0.717) is 0 Å². The molecule has 4 unspecified atom stereocenters. The normalized spacial score (nSPS) is 52.0. The molecule has 0 aromatic heterocycles. The highest BCUT2D eigenvalue weighted by Crippen LogP contribution is 2.31. The lowest BCUT2D eigenvalue weighted by molar-refractivity contribution is 0.192. The molecule has 0 aromatic carbocycles. The molecule has 108 valence electrons. The van der Waals surface area contributed by atoms with E-state index in [4.69, 9.17) is 61.4 Å². The van der Waals surface area contributed by atoms with Crippen LogP contribution < -0.4 is 0 Å². The third-order valence-corrected chi connectivity index (χ3v) is 17.4. The van der Waals surface area contributed by atoms with Gasteiger partial charge in [0.05, 0.1) is 12.5 Å². The van der Waals surface area contributed by atoms with Crippen LogP contribution in [0.2, 0.25) is 26.2 Å². The Bertz CT molecular complexity index is 286. The van der Waals surface area contributed by atoms with E-state index >= 15 is 0 Å². The summed E-state index contributed by atoms with van der Waals surface area (Å²) >= 11 is 25.2. The Hall–Kier alpha value is 1.87. The van der Waals surface area contributed by atoms with Crippen LogP contribution in [0.3, 0.4) is 0 Å². The SMILES string of the molecule is C[Si]1(Cl)COC[Si](C)(Cl)O[Si](C)(Cl)O[Si](C)(Cl)O1. The first-order valence-electron chi connectivity index (χ1n) is 5.27. The number of hydrogen-bond donors (Lipinski definition) is 0. The first kappa shape index (κ1) is 17.9. The van der Waals surface area contributed by atoms with Gasteiger partial charge in [-0.1, -0.05) is 0 Å². The molecule has 1 aliphatic rings. The topological polar surface area (TPSA) is 36.9 Å². The van der Waals surface area contributed by atoms with Crippen molar-refractivity contribution in [1.82, 2.24) is 0 Å². The van der Waals surface area contributed by atoms with Crippen molar-refractivity contribution in [1.29, 1.82) is 0 Å². The highest BCUT2D eigenvalue weighted by molar-refractivity contribution is 7.29. The van der Waals surface area contributed by atoms with Crippen molar-refractivity contribution in [3.63, 3.8) is 0 Å². The molecule has 18 heavy (non-hydrogen) atoms. The average molecular weight is 406 g/mol. The monoisotopic (exact) mass is 404 g/mol. The predicted octanol–water partition coefficient (Wildman–Crippen LogP) is 3.38. The summed E-state index contributed by atoms with van der Waals surface area (Å²) in [5.41, 5.74) is 0. The molecule has 1 fully saturated rings. The molecule has 0 amide bonds. The Balaban J connectivity index is 2.94. The zero-order chi connectivity index (χ0) is 14.2. The fraction of sp³-hybridized carbons (Fsp3) is 1.00. The van der Waals surface area contributed by atoms with Crippen LogP contribution in [0.15, 0.2) is 0 Å². The molecule has 1 heterocycles. The first-order chi connectivity index (χ1) is 7.83. The second kappa shape index (κ2) is 5.93. The molecule has 1 aliphatic heterocycles. The van der Waals surface area contributed by atoms with Crippen LogP contribution in [0, 0.1) is 0 Å². The van der Waals surface area contributed by atoms with Gasteiger partial charge in [-0.25, -0.2) is 0 Å². The zero-order valence-corrected chi connectivity index (χ0v) is 17.6. The lowest BCUT2D eigenvalue weighted by Gasteiger charge is -2.37. The molecule has 0 aromatic rings. The van der Waals surface area contributed by atoms with Gasteiger partial charge in [0.15, 0.2) is 0 Å². The van der Waals surface area contributed by atoms with Crippen LogP contribution in [-0.2, 0) is 17.1 Å². The predicted molar refractivity (Wildman–Crippen MR) is 84.0 cm³/mol. The maximum atomic E-state index is 6.31. The van der Waals surface area contributed by atoms with Crippen LogP contribution >= 0.6 is 44.3 Å². The van der Waals surface area contributed by atoms with Crippen molar-refractivity contribution in [3.05, 3.63) is 0 Å². The van der Waals surface area contributed by atoms with E-state index in [1.807, 2.05) is 0 Å². The smallest absolute Gasteiger partial charge is 0.411 e. The van der Waals surface area contributed by atoms with Gasteiger partial charge >= 0.3 is 31.0 Å². The fourth-order valence-electron chi connectivity index (χ4n) is 1.60. The highest BCUT2D eigenvalue weighted by atomic mass is 35.6. The van der Waals surface area contributed by atoms with Crippen LogP contribution in [-0.4, -0.2) is 43.5 Å². The van der Waals surface area contributed by atoms with Gasteiger partial charge in [0, 0.05) is 0 Å². The summed E-state index contributed by atoms with van der Waals surface area (Å²) in [5, 5.41) is 0. The van der Waals surface area contributed by atoms with Gasteiger partial charge < -0.3 is 17.1 Å². The molecule has 0 saturated carbocycles. The molecule has 1 rings (SSSR count). The lowest BCUT2D eigenvalue weighted by Crippen LogP contribution is -2.57. The molecule has 1 saturated heterocycles. The lowest BCUT2D eigenvalue weighted by atomic mass is 11.5. The van der Waals surface area contributed by atoms with E-state index in [0.717, 1.165) is 0 Å². The summed E-state index contributed by atoms with van der Waals surface area (Å²) in [4.78, 5) is 0. The van der Waals surface area contributed by atoms with Crippen LogP contribution in [0.4, 0.5) is 0 Å². The summed E-state index contributed by atoms with van der Waals surface area (Å²) in [7, 11) is -11.1. The quantitative estimate of drug-likeness (QED) is 0.457. The molecule has 4 atom stereocenters. The molecule has 4 nitrogen and oxygen atoms in total. The summed E-state index contributed by atoms with van der Waals surface area (Å²) in [6, 6.07) is 0. The molecular formula is C6H16Cl4O4Si4. The third-order valence-electron chi connectivity index (χ3n) is 1.87. The van der Waals surface area contributed by atoms with Gasteiger partial charge in [-0.3, -0.25) is 0 Å². The van der Waals surface area contributed by atoms with E-state index in [1.54, 1.807) is 26.2 Å². The minimum atomic E-state index is -2.97. The maximum absolute atomic E-state index is 6.31. The molecule has 0 radical (unpaired) electrons. The Morgan fingerprint density at radius 2 is 1.00 bits per heavy atom. The zero-order valence-electron chi connectivity index (χ0n) is 10.6. The third kappa shape index (κ3) is 6.55. The summed E-state index contributed by atoms with van der Waals surface area (Å²) in [6.07, 6.45) is 0.568. The Morgan fingerprint density at radius 1 is 0.667 bits per heavy atom. The molecule has 0 spiro atoms. The van der Waals surface area contributed by atoms with Gasteiger partial charge in [0.25, 0.3) is 0 Å². The molecule has 0 bridgehead atoms. The number of rotatable bonds is 0. The standard InChI is InChI=1S/C6H16Cl4O4Si4/c1-15(7)5-11-6-16(2,8)13-18(4,10)14-17(3,9)12-15/h5-6H2,1-4H3. The Kier molecular flexibility index (Phi) is 5.90. The Morgan fingerprint density at radius 3 is 1.33 bits per heavy atom. The van der Waals surface area contributed by atoms with Gasteiger partial charge in [0.1, 0.15) is 0 Å². The second-order valence-electron chi connectivity index (χ2n) is 4.67. The number of hydrogen-bond acceptors (Lipinski definition) is 4. The fourth-order valence-corrected chi connectivity index (χ4v) is 22.9. The van der Waals surface area contributed by atoms with Crippen LogP contribution in [0.25, 0.3) is 0 Å². The van der Waals surface area contributed by atoms with Crippen molar-refractivity contribution >= 4 is 75.3 Å². The molecular weight excluding hydrogens is 390 g/mol. The largest absolute Gasteiger partial charge is 0.422 e. The van der Waals surface area contributed by atoms with Gasteiger partial charge in [-0.2, -0.15) is 0 Å². The summed E-state index contributed by atoms with van der Waals surface area (Å²) in [5.74, 6) is 0. The first-order valence-corrected chi connectivity index (χ1v) is 19.2. The van der Waals surface area contributed by atoms with E-state index in [1.165, 1.54) is 0 Å². The van der Waals surface area contributed by atoms with Crippen LogP contribution in [0.5, 0.6) is 0 Å². The summed E-state index contributed by atoms with van der Waals surface area (Å²) < 4.78 is 22.6. The van der Waals surface area contributed by atoms with Crippen molar-refractivity contribution in [3.8, 4) is 0 Å². The minimum Gasteiger partial charge on any atom is -0.411 e. The van der Waals surface area contributed by atoms with Gasteiger partial charge in [0.2, 0.25) is 0 Å². The molecule has 0 N–H and O–H groups in total. The van der Waals surface area contributed by atoms with E-state index in [9.17, 15) is 0 Å². The second-order valence-corrected chi connectivity index (χ2v) is 24.4. The average Bonchev–Trinajstić information content (AvgIpc) is 1.91. The van der Waals surface area contributed by atoms with E-state index in [2.05, 4.69) is 0 Å². The number of halogens is 4. The van der Waals surface area contributed by atoms with Crippen molar-refractivity contribution in [2.45, 2.75) is 26.2 Å². The van der Waals surface area contributed by atoms with E-state index in [-0.39, 0.29) is 12.5 Å². The van der Waals surface area contributed by atoms with Gasteiger partial charge in [-0.05, 0) is 26.2 Å². The molecule has 12 heteroatoms. The number of ether oxygens (including phenoxy) is 1. The minimum absolute atomic E-state index is 0.284. The maximum Gasteiger partial charge on any atom is 0.422 e. The van der Waals surface area contributed by atoms with Crippen LogP contribution in [0.1, 0.15) is 0 Å². The van der Waals surface area contributed by atoms with Crippen molar-refractivity contribution in [2.75, 3.05) is 12.5 Å². The van der Waals surface area contributed by atoms with Crippen molar-refractivity contribution in [2.24, 2.45) is 0 Å². The van der Waals surface area contributed by atoms with E-state index < -0.39 is 31.0 Å². The summed E-state index contributed by atoms with van der Waals surface area (Å²) in [6.45, 7) is 6.95. The molecule has 0 aliphatic carbocycles. The van der Waals surface area contributed by atoms with Crippen molar-refractivity contribution < 1.29 is 17.1 Å².